The van der Waals surface area contributed by atoms with E-state index in [1.807, 2.05) is 6.07 Å². The van der Waals surface area contributed by atoms with E-state index in [0.29, 0.717) is 37.1 Å². The van der Waals surface area contributed by atoms with Crippen LogP contribution in [0.1, 0.15) is 42.1 Å². The highest BCUT2D eigenvalue weighted by Gasteiger charge is 2.28. The molecule has 0 spiro atoms. The molecule has 7 nitrogen and oxygen atoms in total. The highest BCUT2D eigenvalue weighted by atomic mass is 16.5. The van der Waals surface area contributed by atoms with E-state index in [2.05, 4.69) is 0 Å². The number of benzene rings is 1. The Bertz CT molecular complexity index is 700. The summed E-state index contributed by atoms with van der Waals surface area (Å²) in [5, 5.41) is 17.4. The predicted octanol–water partition coefficient (Wildman–Crippen LogP) is 1.86. The summed E-state index contributed by atoms with van der Waals surface area (Å²) >= 11 is 0. The van der Waals surface area contributed by atoms with E-state index in [1.54, 1.807) is 36.1 Å². The normalized spacial score (nSPS) is 15.9. The maximum atomic E-state index is 12.5. The zero-order chi connectivity index (χ0) is 19.1. The van der Waals surface area contributed by atoms with Crippen molar-refractivity contribution in [2.75, 3.05) is 19.7 Å². The SMILES string of the molecule is C[C@H](CC(=O)c1ccc(C#N)cc1)C(=O)N1CCC(OCC(=O)O)CC1. The number of amides is 1. The maximum absolute atomic E-state index is 12.5. The first kappa shape index (κ1) is 19.6. The lowest BCUT2D eigenvalue weighted by atomic mass is 9.97. The molecule has 1 aromatic rings. The molecular weight excluding hydrogens is 336 g/mol. The number of carbonyl (C=O) groups excluding carboxylic acids is 2. The van der Waals surface area contributed by atoms with E-state index in [1.165, 1.54) is 0 Å². The molecule has 0 unspecified atom stereocenters. The fraction of sp³-hybridized carbons (Fsp3) is 0.474. The molecule has 1 aliphatic heterocycles. The fourth-order valence-electron chi connectivity index (χ4n) is 2.96. The summed E-state index contributed by atoms with van der Waals surface area (Å²) in [6.07, 6.45) is 1.15. The van der Waals surface area contributed by atoms with Gasteiger partial charge in [-0.3, -0.25) is 9.59 Å². The highest BCUT2D eigenvalue weighted by Crippen LogP contribution is 2.19. The van der Waals surface area contributed by atoms with Gasteiger partial charge < -0.3 is 14.7 Å². The Labute approximate surface area is 152 Å². The van der Waals surface area contributed by atoms with Gasteiger partial charge in [0.25, 0.3) is 0 Å². The Kier molecular flexibility index (Phi) is 6.87. The number of piperidine rings is 1. The molecule has 0 bridgehead atoms. The van der Waals surface area contributed by atoms with Crippen molar-refractivity contribution in [2.45, 2.75) is 32.3 Å². The molecule has 0 aliphatic carbocycles. The fourth-order valence-corrected chi connectivity index (χ4v) is 2.96. The summed E-state index contributed by atoms with van der Waals surface area (Å²) in [7, 11) is 0. The minimum Gasteiger partial charge on any atom is -0.480 e. The third kappa shape index (κ3) is 5.39. The molecule has 1 heterocycles. The van der Waals surface area contributed by atoms with E-state index in [4.69, 9.17) is 15.1 Å². The lowest BCUT2D eigenvalue weighted by Crippen LogP contribution is -2.43. The van der Waals surface area contributed by atoms with Crippen LogP contribution >= 0.6 is 0 Å². The average Bonchev–Trinajstić information content (AvgIpc) is 2.66. The van der Waals surface area contributed by atoms with Crippen LogP contribution in [0.2, 0.25) is 0 Å². The number of carboxylic acid groups (broad SMARTS) is 1. The first-order valence-electron chi connectivity index (χ1n) is 8.56. The van der Waals surface area contributed by atoms with E-state index in [0.717, 1.165) is 0 Å². The number of Topliss-reactive ketones (excluding diaryl/α,β-unsaturated/α-hetero) is 1. The van der Waals surface area contributed by atoms with E-state index in [-0.39, 0.29) is 30.8 Å². The van der Waals surface area contributed by atoms with Crippen molar-refractivity contribution in [2.24, 2.45) is 5.92 Å². The Morgan fingerprint density at radius 1 is 1.27 bits per heavy atom. The number of nitriles is 1. The van der Waals surface area contributed by atoms with E-state index >= 15 is 0 Å². The van der Waals surface area contributed by atoms with Crippen molar-refractivity contribution in [3.05, 3.63) is 35.4 Å². The number of hydrogen-bond acceptors (Lipinski definition) is 5. The number of rotatable bonds is 7. The molecule has 1 aromatic carbocycles. The van der Waals surface area contributed by atoms with Crippen LogP contribution in [0.5, 0.6) is 0 Å². The van der Waals surface area contributed by atoms with Gasteiger partial charge in [0.1, 0.15) is 6.61 Å². The van der Waals surface area contributed by atoms with Gasteiger partial charge >= 0.3 is 5.97 Å². The van der Waals surface area contributed by atoms with E-state index < -0.39 is 11.9 Å². The van der Waals surface area contributed by atoms with Crippen LogP contribution in [0.25, 0.3) is 0 Å². The number of nitrogens with zero attached hydrogens (tertiary/aromatic N) is 2. The molecule has 0 saturated carbocycles. The monoisotopic (exact) mass is 358 g/mol. The summed E-state index contributed by atoms with van der Waals surface area (Å²) in [4.78, 5) is 37.1. The number of aliphatic carboxylic acids is 1. The minimum atomic E-state index is -1.00. The first-order valence-corrected chi connectivity index (χ1v) is 8.56. The summed E-state index contributed by atoms with van der Waals surface area (Å²) < 4.78 is 5.26. The summed E-state index contributed by atoms with van der Waals surface area (Å²) in [5.74, 6) is -1.65. The second kappa shape index (κ2) is 9.11. The van der Waals surface area contributed by atoms with Gasteiger partial charge in [-0.2, -0.15) is 5.26 Å². The number of ketones is 1. The number of carbonyl (C=O) groups is 3. The average molecular weight is 358 g/mol. The topological polar surface area (TPSA) is 108 Å². The molecule has 2 rings (SSSR count). The van der Waals surface area contributed by atoms with Gasteiger partial charge in [-0.1, -0.05) is 19.1 Å². The summed E-state index contributed by atoms with van der Waals surface area (Å²) in [6.45, 7) is 2.40. The largest absolute Gasteiger partial charge is 0.480 e. The van der Waals surface area contributed by atoms with Gasteiger partial charge in [-0.05, 0) is 25.0 Å². The molecule has 1 fully saturated rings. The third-order valence-corrected chi connectivity index (χ3v) is 4.45. The summed E-state index contributed by atoms with van der Waals surface area (Å²) in [5.41, 5.74) is 0.975. The molecular formula is C19H22N2O5. The number of ether oxygens (including phenoxy) is 1. The smallest absolute Gasteiger partial charge is 0.329 e. The van der Waals surface area contributed by atoms with Crippen LogP contribution in [0.15, 0.2) is 24.3 Å². The quantitative estimate of drug-likeness (QED) is 0.746. The van der Waals surface area contributed by atoms with Crippen molar-refractivity contribution in [1.29, 1.82) is 5.26 Å². The van der Waals surface area contributed by atoms with Crippen molar-refractivity contribution >= 4 is 17.7 Å². The van der Waals surface area contributed by atoms with Gasteiger partial charge in [-0.15, -0.1) is 0 Å². The second-order valence-corrected chi connectivity index (χ2v) is 6.45. The van der Waals surface area contributed by atoms with Gasteiger partial charge in [-0.25, -0.2) is 4.79 Å². The minimum absolute atomic E-state index is 0.0799. The molecule has 1 saturated heterocycles. The van der Waals surface area contributed by atoms with Crippen molar-refractivity contribution < 1.29 is 24.2 Å². The van der Waals surface area contributed by atoms with E-state index in [9.17, 15) is 14.4 Å². The lowest BCUT2D eigenvalue weighted by Gasteiger charge is -2.33. The number of hydrogen-bond donors (Lipinski definition) is 1. The zero-order valence-corrected chi connectivity index (χ0v) is 14.7. The van der Waals surface area contributed by atoms with Crippen LogP contribution in [0.4, 0.5) is 0 Å². The standard InChI is InChI=1S/C19H22N2O5/c1-13(10-17(22)15-4-2-14(11-20)3-5-15)19(25)21-8-6-16(7-9-21)26-12-18(23)24/h2-5,13,16H,6-10,12H2,1H3,(H,23,24)/t13-/m1/s1. The Balaban J connectivity index is 1.82. The molecule has 1 N–H and O–H groups in total. The Morgan fingerprint density at radius 2 is 1.88 bits per heavy atom. The molecule has 0 radical (unpaired) electrons. The van der Waals surface area contributed by atoms with Gasteiger partial charge in [0, 0.05) is 31.0 Å². The Morgan fingerprint density at radius 3 is 2.42 bits per heavy atom. The molecule has 0 aromatic heterocycles. The maximum Gasteiger partial charge on any atom is 0.329 e. The molecule has 1 atom stereocenters. The van der Waals surface area contributed by atoms with Crippen LogP contribution in [-0.4, -0.2) is 53.5 Å². The summed E-state index contributed by atoms with van der Waals surface area (Å²) in [6, 6.07) is 8.37. The lowest BCUT2D eigenvalue weighted by molar-refractivity contribution is -0.147. The molecule has 7 heteroatoms. The molecule has 138 valence electrons. The predicted molar refractivity (Wildman–Crippen MR) is 92.5 cm³/mol. The molecule has 1 amide bonds. The van der Waals surface area contributed by atoms with Gasteiger partial charge in [0.15, 0.2) is 5.78 Å². The van der Waals surface area contributed by atoms with Crippen molar-refractivity contribution in [3.8, 4) is 6.07 Å². The van der Waals surface area contributed by atoms with Gasteiger partial charge in [0.05, 0.1) is 17.7 Å². The number of carboxylic acids is 1. The third-order valence-electron chi connectivity index (χ3n) is 4.45. The van der Waals surface area contributed by atoms with Crippen molar-refractivity contribution in [1.82, 2.24) is 4.90 Å². The van der Waals surface area contributed by atoms with Crippen LogP contribution in [0, 0.1) is 17.2 Å². The van der Waals surface area contributed by atoms with Crippen LogP contribution in [-0.2, 0) is 14.3 Å². The molecule has 1 aliphatic rings. The second-order valence-electron chi connectivity index (χ2n) is 6.45. The zero-order valence-electron chi connectivity index (χ0n) is 14.7. The highest BCUT2D eigenvalue weighted by molar-refractivity contribution is 5.98. The van der Waals surface area contributed by atoms with Crippen molar-refractivity contribution in [3.63, 3.8) is 0 Å². The number of likely N-dealkylation sites (tertiary alicyclic amines) is 1. The Hall–Kier alpha value is -2.72. The van der Waals surface area contributed by atoms with Crippen LogP contribution in [0.3, 0.4) is 0 Å². The van der Waals surface area contributed by atoms with Crippen LogP contribution < -0.4 is 0 Å². The van der Waals surface area contributed by atoms with Gasteiger partial charge in [0.2, 0.25) is 5.91 Å². The first-order chi connectivity index (χ1) is 12.4. The molecule has 26 heavy (non-hydrogen) atoms.